The first-order chi connectivity index (χ1) is 12.5. The molecule has 0 aliphatic heterocycles. The monoisotopic (exact) mass is 348 g/mol. The number of hydrogen-bond donors (Lipinski definition) is 1. The highest BCUT2D eigenvalue weighted by atomic mass is 16.1. The Bertz CT molecular complexity index is 932. The molecule has 3 rings (SSSR count). The molecule has 3 aromatic rings. The third-order valence-electron chi connectivity index (χ3n) is 4.00. The van der Waals surface area contributed by atoms with E-state index in [1.807, 2.05) is 43.4 Å². The average molecular weight is 348 g/mol. The number of nitrogens with one attached hydrogen (secondary N) is 1. The second-order valence-electron chi connectivity index (χ2n) is 6.05. The first-order valence-electron chi connectivity index (χ1n) is 8.34. The van der Waals surface area contributed by atoms with E-state index in [2.05, 4.69) is 15.4 Å². The van der Waals surface area contributed by atoms with Gasteiger partial charge in [-0.15, -0.1) is 0 Å². The maximum atomic E-state index is 12.7. The molecule has 1 aromatic carbocycles. The van der Waals surface area contributed by atoms with Crippen LogP contribution in [0.25, 0.3) is 0 Å². The standard InChI is InChI=1S/C20H20N4O2/c1-21-20(26)18-12-15(19(25)13-16-8-9-24(2)23-16)11-17(22-18)10-14-6-4-3-5-7-14/h3-9,11-12H,10,13H2,1-2H3,(H,21,26). The first-order valence-corrected chi connectivity index (χ1v) is 8.34. The minimum atomic E-state index is -0.313. The molecule has 0 fully saturated rings. The third-order valence-corrected chi connectivity index (χ3v) is 4.00. The summed E-state index contributed by atoms with van der Waals surface area (Å²) in [7, 11) is 3.35. The van der Waals surface area contributed by atoms with Gasteiger partial charge in [-0.05, 0) is 23.8 Å². The third kappa shape index (κ3) is 4.22. The van der Waals surface area contributed by atoms with E-state index in [0.29, 0.717) is 23.4 Å². The molecule has 0 radical (unpaired) electrons. The molecule has 0 spiro atoms. The number of hydrogen-bond acceptors (Lipinski definition) is 4. The number of nitrogens with zero attached hydrogens (tertiary/aromatic N) is 3. The van der Waals surface area contributed by atoms with Crippen molar-refractivity contribution in [3.05, 3.63) is 82.9 Å². The summed E-state index contributed by atoms with van der Waals surface area (Å²) < 4.78 is 1.66. The minimum Gasteiger partial charge on any atom is -0.354 e. The number of carbonyl (C=O) groups is 2. The predicted molar refractivity (Wildman–Crippen MR) is 98.1 cm³/mol. The van der Waals surface area contributed by atoms with Gasteiger partial charge in [0.2, 0.25) is 0 Å². The molecule has 0 atom stereocenters. The van der Waals surface area contributed by atoms with Crippen LogP contribution in [0.15, 0.2) is 54.7 Å². The van der Waals surface area contributed by atoms with Crippen molar-refractivity contribution >= 4 is 11.7 Å². The molecule has 1 N–H and O–H groups in total. The second-order valence-corrected chi connectivity index (χ2v) is 6.05. The van der Waals surface area contributed by atoms with Gasteiger partial charge >= 0.3 is 0 Å². The van der Waals surface area contributed by atoms with E-state index in [1.54, 1.807) is 30.1 Å². The summed E-state index contributed by atoms with van der Waals surface area (Å²) >= 11 is 0. The van der Waals surface area contributed by atoms with Gasteiger partial charge in [0, 0.05) is 38.0 Å². The van der Waals surface area contributed by atoms with Gasteiger partial charge in [-0.3, -0.25) is 14.3 Å². The Morgan fingerprint density at radius 3 is 2.50 bits per heavy atom. The highest BCUT2D eigenvalue weighted by molar-refractivity contribution is 6.00. The van der Waals surface area contributed by atoms with E-state index >= 15 is 0 Å². The van der Waals surface area contributed by atoms with Crippen LogP contribution in [-0.4, -0.2) is 33.5 Å². The number of benzene rings is 1. The lowest BCUT2D eigenvalue weighted by Gasteiger charge is -2.08. The van der Waals surface area contributed by atoms with E-state index < -0.39 is 0 Å². The van der Waals surface area contributed by atoms with Crippen molar-refractivity contribution in [1.29, 1.82) is 0 Å². The van der Waals surface area contributed by atoms with Crippen molar-refractivity contribution in [2.75, 3.05) is 7.05 Å². The Morgan fingerprint density at radius 2 is 1.85 bits per heavy atom. The fourth-order valence-corrected chi connectivity index (χ4v) is 2.71. The van der Waals surface area contributed by atoms with Crippen LogP contribution in [0.4, 0.5) is 0 Å². The zero-order chi connectivity index (χ0) is 18.5. The minimum absolute atomic E-state index is 0.0921. The van der Waals surface area contributed by atoms with Crippen molar-refractivity contribution in [1.82, 2.24) is 20.1 Å². The first kappa shape index (κ1) is 17.5. The van der Waals surface area contributed by atoms with E-state index in [4.69, 9.17) is 0 Å². The van der Waals surface area contributed by atoms with Crippen LogP contribution in [-0.2, 0) is 19.9 Å². The van der Waals surface area contributed by atoms with Crippen molar-refractivity contribution in [3.63, 3.8) is 0 Å². The van der Waals surface area contributed by atoms with Gasteiger partial charge in [-0.2, -0.15) is 5.10 Å². The zero-order valence-electron chi connectivity index (χ0n) is 14.8. The van der Waals surface area contributed by atoms with Crippen LogP contribution in [0.3, 0.4) is 0 Å². The summed E-state index contributed by atoms with van der Waals surface area (Å²) in [6.45, 7) is 0. The number of amides is 1. The lowest BCUT2D eigenvalue weighted by molar-refractivity contribution is 0.0958. The topological polar surface area (TPSA) is 76.9 Å². The van der Waals surface area contributed by atoms with Gasteiger partial charge in [0.25, 0.3) is 5.91 Å². The summed E-state index contributed by atoms with van der Waals surface area (Å²) in [5.74, 6) is -0.405. The lowest BCUT2D eigenvalue weighted by Crippen LogP contribution is -2.21. The predicted octanol–water partition coefficient (Wildman–Crippen LogP) is 2.19. The number of ketones is 1. The van der Waals surface area contributed by atoms with Gasteiger partial charge in [-0.25, -0.2) is 4.98 Å². The summed E-state index contributed by atoms with van der Waals surface area (Å²) in [6, 6.07) is 14.9. The average Bonchev–Trinajstić information content (AvgIpc) is 3.06. The molecule has 1 amide bonds. The molecule has 2 heterocycles. The SMILES string of the molecule is CNC(=O)c1cc(C(=O)Cc2ccn(C)n2)cc(Cc2ccccc2)n1. The van der Waals surface area contributed by atoms with E-state index in [0.717, 1.165) is 5.56 Å². The molecule has 0 unspecified atom stereocenters. The quantitative estimate of drug-likeness (QED) is 0.693. The van der Waals surface area contributed by atoms with Gasteiger partial charge in [-0.1, -0.05) is 30.3 Å². The molecule has 0 bridgehead atoms. The Morgan fingerprint density at radius 1 is 1.08 bits per heavy atom. The molecular formula is C20H20N4O2. The van der Waals surface area contributed by atoms with E-state index in [9.17, 15) is 9.59 Å². The van der Waals surface area contributed by atoms with Crippen LogP contribution in [0, 0.1) is 0 Å². The van der Waals surface area contributed by atoms with Gasteiger partial charge in [0.05, 0.1) is 12.1 Å². The summed E-state index contributed by atoms with van der Waals surface area (Å²) in [5, 5.41) is 6.80. The highest BCUT2D eigenvalue weighted by Gasteiger charge is 2.15. The van der Waals surface area contributed by atoms with Gasteiger partial charge in [0.1, 0.15) is 5.69 Å². The summed E-state index contributed by atoms with van der Waals surface area (Å²) in [4.78, 5) is 29.1. The molecule has 132 valence electrons. The highest BCUT2D eigenvalue weighted by Crippen LogP contribution is 2.14. The van der Waals surface area contributed by atoms with Crippen molar-refractivity contribution in [2.24, 2.45) is 7.05 Å². The molecule has 6 nitrogen and oxygen atoms in total. The molecule has 26 heavy (non-hydrogen) atoms. The number of carbonyl (C=O) groups excluding carboxylic acids is 2. The number of rotatable bonds is 6. The maximum absolute atomic E-state index is 12.7. The lowest BCUT2D eigenvalue weighted by atomic mass is 10.0. The number of aromatic nitrogens is 3. The molecule has 0 saturated carbocycles. The molecule has 0 aliphatic carbocycles. The maximum Gasteiger partial charge on any atom is 0.269 e. The fraction of sp³-hybridized carbons (Fsp3) is 0.200. The number of Topliss-reactive ketones (excluding diaryl/α,β-unsaturated/α-hetero) is 1. The van der Waals surface area contributed by atoms with E-state index in [1.165, 1.54) is 0 Å². The van der Waals surface area contributed by atoms with Crippen molar-refractivity contribution < 1.29 is 9.59 Å². The molecule has 6 heteroatoms. The number of pyridine rings is 1. The second kappa shape index (κ2) is 7.74. The smallest absolute Gasteiger partial charge is 0.269 e. The van der Waals surface area contributed by atoms with Gasteiger partial charge < -0.3 is 5.32 Å². The fourth-order valence-electron chi connectivity index (χ4n) is 2.71. The number of aryl methyl sites for hydroxylation is 1. The Balaban J connectivity index is 1.91. The van der Waals surface area contributed by atoms with E-state index in [-0.39, 0.29) is 23.8 Å². The Labute approximate surface area is 151 Å². The zero-order valence-corrected chi connectivity index (χ0v) is 14.8. The van der Waals surface area contributed by atoms with Crippen molar-refractivity contribution in [2.45, 2.75) is 12.8 Å². The normalized spacial score (nSPS) is 10.5. The van der Waals surface area contributed by atoms with Crippen LogP contribution in [0.5, 0.6) is 0 Å². The van der Waals surface area contributed by atoms with Gasteiger partial charge in [0.15, 0.2) is 5.78 Å². The molecule has 0 aliphatic rings. The Hall–Kier alpha value is -3.28. The summed E-state index contributed by atoms with van der Waals surface area (Å²) in [6.07, 6.45) is 2.53. The van der Waals surface area contributed by atoms with Crippen LogP contribution >= 0.6 is 0 Å². The largest absolute Gasteiger partial charge is 0.354 e. The summed E-state index contributed by atoms with van der Waals surface area (Å²) in [5.41, 5.74) is 3.15. The molecular weight excluding hydrogens is 328 g/mol. The molecule has 2 aromatic heterocycles. The molecule has 0 saturated heterocycles. The Kier molecular flexibility index (Phi) is 5.22. The van der Waals surface area contributed by atoms with Crippen LogP contribution in [0.2, 0.25) is 0 Å². The van der Waals surface area contributed by atoms with Crippen molar-refractivity contribution in [3.8, 4) is 0 Å². The van der Waals surface area contributed by atoms with Crippen LogP contribution < -0.4 is 5.32 Å². The van der Waals surface area contributed by atoms with Crippen LogP contribution in [0.1, 0.15) is 37.8 Å².